The van der Waals surface area contributed by atoms with E-state index in [2.05, 4.69) is 30.2 Å². The molecule has 0 fully saturated rings. The van der Waals surface area contributed by atoms with Gasteiger partial charge in [0.1, 0.15) is 5.82 Å². The van der Waals surface area contributed by atoms with E-state index in [1.165, 1.54) is 12.1 Å². The van der Waals surface area contributed by atoms with Gasteiger partial charge in [0.2, 0.25) is 0 Å². The lowest BCUT2D eigenvalue weighted by molar-refractivity contribution is 0.394. The standard InChI is InChI=1S/C24H28FN3OS/c1-15(2)12-26-24(30)28(13-18-7-9-20(25)10-8-18)14-19-11-21-16(3)5-6-17(4)22(21)27-23(19)29/h5-11,15H,12-14H2,1-4H3,(H,26,30)(H,27,29). The van der Waals surface area contributed by atoms with E-state index in [1.807, 2.05) is 30.9 Å². The molecule has 4 nitrogen and oxygen atoms in total. The van der Waals surface area contributed by atoms with E-state index in [4.69, 9.17) is 12.2 Å². The number of aryl methyl sites for hydroxylation is 2. The van der Waals surface area contributed by atoms with Crippen LogP contribution in [-0.2, 0) is 13.1 Å². The molecule has 0 atom stereocenters. The fourth-order valence-electron chi connectivity index (χ4n) is 3.35. The zero-order valence-electron chi connectivity index (χ0n) is 17.9. The van der Waals surface area contributed by atoms with Crippen molar-refractivity contribution in [3.05, 3.63) is 80.9 Å². The van der Waals surface area contributed by atoms with Gasteiger partial charge in [-0.3, -0.25) is 4.79 Å². The largest absolute Gasteiger partial charge is 0.362 e. The number of H-pyrrole nitrogens is 1. The van der Waals surface area contributed by atoms with Crippen molar-refractivity contribution in [1.29, 1.82) is 0 Å². The summed E-state index contributed by atoms with van der Waals surface area (Å²) in [5.74, 6) is 0.160. The van der Waals surface area contributed by atoms with Crippen molar-refractivity contribution in [2.24, 2.45) is 5.92 Å². The van der Waals surface area contributed by atoms with Gasteiger partial charge in [-0.05, 0) is 66.9 Å². The van der Waals surface area contributed by atoms with Crippen LogP contribution in [0.25, 0.3) is 10.9 Å². The van der Waals surface area contributed by atoms with Gasteiger partial charge in [0, 0.05) is 24.0 Å². The van der Waals surface area contributed by atoms with Crippen molar-refractivity contribution < 1.29 is 4.39 Å². The lowest BCUT2D eigenvalue weighted by Crippen LogP contribution is -2.41. The second-order valence-electron chi connectivity index (χ2n) is 8.17. The maximum atomic E-state index is 13.3. The van der Waals surface area contributed by atoms with E-state index in [9.17, 15) is 9.18 Å². The predicted octanol–water partition coefficient (Wildman–Crippen LogP) is 4.82. The van der Waals surface area contributed by atoms with Crippen LogP contribution in [0, 0.1) is 25.6 Å². The lowest BCUT2D eigenvalue weighted by atomic mass is 10.0. The molecule has 3 aromatic rings. The predicted molar refractivity (Wildman–Crippen MR) is 125 cm³/mol. The van der Waals surface area contributed by atoms with E-state index < -0.39 is 0 Å². The zero-order chi connectivity index (χ0) is 21.8. The summed E-state index contributed by atoms with van der Waals surface area (Å²) in [5, 5.41) is 4.89. The Labute approximate surface area is 182 Å². The number of aromatic amines is 1. The molecule has 158 valence electrons. The number of hydrogen-bond acceptors (Lipinski definition) is 2. The Bertz CT molecular complexity index is 1110. The van der Waals surface area contributed by atoms with E-state index >= 15 is 0 Å². The molecule has 3 rings (SSSR count). The molecule has 6 heteroatoms. The summed E-state index contributed by atoms with van der Waals surface area (Å²) >= 11 is 5.63. The molecule has 2 N–H and O–H groups in total. The van der Waals surface area contributed by atoms with Crippen molar-refractivity contribution in [1.82, 2.24) is 15.2 Å². The van der Waals surface area contributed by atoms with Crippen LogP contribution >= 0.6 is 12.2 Å². The number of aromatic nitrogens is 1. The average molecular weight is 426 g/mol. The van der Waals surface area contributed by atoms with Crippen molar-refractivity contribution in [2.45, 2.75) is 40.8 Å². The number of hydrogen-bond donors (Lipinski definition) is 2. The van der Waals surface area contributed by atoms with E-state index in [-0.39, 0.29) is 11.4 Å². The second-order valence-corrected chi connectivity index (χ2v) is 8.56. The van der Waals surface area contributed by atoms with Gasteiger partial charge in [0.15, 0.2) is 5.11 Å². The normalized spacial score (nSPS) is 11.1. The minimum Gasteiger partial charge on any atom is -0.362 e. The molecule has 0 spiro atoms. The number of fused-ring (bicyclic) bond motifs is 1. The Balaban J connectivity index is 1.94. The average Bonchev–Trinajstić information content (AvgIpc) is 2.71. The number of nitrogens with zero attached hydrogens (tertiary/aromatic N) is 1. The Hall–Kier alpha value is -2.73. The smallest absolute Gasteiger partial charge is 0.253 e. The van der Waals surface area contributed by atoms with Crippen LogP contribution in [0.15, 0.2) is 47.3 Å². The van der Waals surface area contributed by atoms with Gasteiger partial charge in [-0.25, -0.2) is 4.39 Å². The Kier molecular flexibility index (Phi) is 6.87. The number of nitrogens with one attached hydrogen (secondary N) is 2. The molecule has 0 unspecified atom stereocenters. The van der Waals surface area contributed by atoms with Crippen molar-refractivity contribution >= 4 is 28.2 Å². The number of pyridine rings is 1. The molecule has 0 saturated heterocycles. The summed E-state index contributed by atoms with van der Waals surface area (Å²) in [6.45, 7) is 9.83. The summed E-state index contributed by atoms with van der Waals surface area (Å²) in [5.41, 5.74) is 4.47. The first-order valence-electron chi connectivity index (χ1n) is 10.1. The van der Waals surface area contributed by atoms with Crippen LogP contribution < -0.4 is 10.9 Å². The molecule has 30 heavy (non-hydrogen) atoms. The van der Waals surface area contributed by atoms with E-state index in [0.717, 1.165) is 34.1 Å². The second kappa shape index (κ2) is 9.39. The van der Waals surface area contributed by atoms with Gasteiger partial charge in [0.05, 0.1) is 12.1 Å². The fraction of sp³-hybridized carbons (Fsp3) is 0.333. The molecular formula is C24H28FN3OS. The van der Waals surface area contributed by atoms with Gasteiger partial charge in [0.25, 0.3) is 5.56 Å². The quantitative estimate of drug-likeness (QED) is 0.556. The monoisotopic (exact) mass is 425 g/mol. The summed E-state index contributed by atoms with van der Waals surface area (Å²) in [7, 11) is 0. The number of benzene rings is 2. The summed E-state index contributed by atoms with van der Waals surface area (Å²) in [6, 6.07) is 12.4. The summed E-state index contributed by atoms with van der Waals surface area (Å²) < 4.78 is 13.3. The fourth-order valence-corrected chi connectivity index (χ4v) is 3.57. The SMILES string of the molecule is Cc1ccc(C)c2[nH]c(=O)c(CN(Cc3ccc(F)cc3)C(=S)NCC(C)C)cc12. The van der Waals surface area contributed by atoms with Crippen LogP contribution in [0.2, 0.25) is 0 Å². The highest BCUT2D eigenvalue weighted by molar-refractivity contribution is 7.80. The Morgan fingerprint density at radius 1 is 1.10 bits per heavy atom. The van der Waals surface area contributed by atoms with Crippen molar-refractivity contribution in [3.8, 4) is 0 Å². The number of halogens is 1. The molecule has 2 aromatic carbocycles. The van der Waals surface area contributed by atoms with Crippen molar-refractivity contribution in [2.75, 3.05) is 6.54 Å². The highest BCUT2D eigenvalue weighted by Crippen LogP contribution is 2.20. The van der Waals surface area contributed by atoms with Gasteiger partial charge < -0.3 is 15.2 Å². The first-order chi connectivity index (χ1) is 14.2. The molecule has 0 aliphatic rings. The van der Waals surface area contributed by atoms with Crippen LogP contribution in [0.1, 0.15) is 36.1 Å². The van der Waals surface area contributed by atoms with Crippen LogP contribution in [0.4, 0.5) is 4.39 Å². The molecule has 0 saturated carbocycles. The third kappa shape index (κ3) is 5.25. The van der Waals surface area contributed by atoms with E-state index in [1.54, 1.807) is 12.1 Å². The Morgan fingerprint density at radius 3 is 2.43 bits per heavy atom. The number of thiocarbonyl (C=S) groups is 1. The molecular weight excluding hydrogens is 397 g/mol. The number of rotatable bonds is 6. The first-order valence-corrected chi connectivity index (χ1v) is 10.5. The molecule has 1 heterocycles. The summed E-state index contributed by atoms with van der Waals surface area (Å²) in [6.07, 6.45) is 0. The third-order valence-electron chi connectivity index (χ3n) is 5.12. The molecule has 0 radical (unpaired) electrons. The van der Waals surface area contributed by atoms with Crippen molar-refractivity contribution in [3.63, 3.8) is 0 Å². The van der Waals surface area contributed by atoms with Gasteiger partial charge in [-0.2, -0.15) is 0 Å². The Morgan fingerprint density at radius 2 is 1.77 bits per heavy atom. The van der Waals surface area contributed by atoms with Crippen LogP contribution in [-0.4, -0.2) is 21.5 Å². The zero-order valence-corrected chi connectivity index (χ0v) is 18.7. The molecule has 0 amide bonds. The highest BCUT2D eigenvalue weighted by Gasteiger charge is 2.15. The third-order valence-corrected chi connectivity index (χ3v) is 5.52. The highest BCUT2D eigenvalue weighted by atomic mass is 32.1. The molecule has 0 aliphatic heterocycles. The maximum Gasteiger partial charge on any atom is 0.253 e. The lowest BCUT2D eigenvalue weighted by Gasteiger charge is -2.26. The molecule has 0 bridgehead atoms. The molecule has 1 aromatic heterocycles. The van der Waals surface area contributed by atoms with Gasteiger partial charge >= 0.3 is 0 Å². The molecule has 0 aliphatic carbocycles. The van der Waals surface area contributed by atoms with Crippen LogP contribution in [0.5, 0.6) is 0 Å². The van der Waals surface area contributed by atoms with Crippen LogP contribution in [0.3, 0.4) is 0 Å². The first kappa shape index (κ1) is 22.0. The minimum absolute atomic E-state index is 0.119. The van der Waals surface area contributed by atoms with Gasteiger partial charge in [-0.15, -0.1) is 0 Å². The summed E-state index contributed by atoms with van der Waals surface area (Å²) in [4.78, 5) is 17.8. The van der Waals surface area contributed by atoms with Gasteiger partial charge in [-0.1, -0.05) is 38.1 Å². The maximum absolute atomic E-state index is 13.3. The van der Waals surface area contributed by atoms with E-state index in [0.29, 0.717) is 29.7 Å². The topological polar surface area (TPSA) is 48.1 Å². The minimum atomic E-state index is -0.275.